The Kier molecular flexibility index (Phi) is 2.66. The van der Waals surface area contributed by atoms with Gasteiger partial charge in [0.1, 0.15) is 0 Å². The molecule has 1 aromatic heterocycles. The van der Waals surface area contributed by atoms with E-state index in [1.807, 2.05) is 12.4 Å². The fourth-order valence-corrected chi connectivity index (χ4v) is 1.90. The third kappa shape index (κ3) is 2.06. The predicted octanol–water partition coefficient (Wildman–Crippen LogP) is 2.16. The van der Waals surface area contributed by atoms with Crippen LogP contribution in [0.15, 0.2) is 29.5 Å². The van der Waals surface area contributed by atoms with E-state index in [2.05, 4.69) is 55.9 Å². The van der Waals surface area contributed by atoms with Crippen molar-refractivity contribution in [3.63, 3.8) is 0 Å². The van der Waals surface area contributed by atoms with Crippen LogP contribution < -0.4 is 10.7 Å². The van der Waals surface area contributed by atoms with Crippen LogP contribution in [0.1, 0.15) is 39.2 Å². The summed E-state index contributed by atoms with van der Waals surface area (Å²) in [7, 11) is 0. The van der Waals surface area contributed by atoms with E-state index in [1.165, 1.54) is 5.56 Å². The van der Waals surface area contributed by atoms with Crippen molar-refractivity contribution in [2.24, 2.45) is 10.4 Å². The largest absolute Gasteiger partial charge is 0.255 e. The van der Waals surface area contributed by atoms with Gasteiger partial charge in [0.25, 0.3) is 0 Å². The molecule has 0 saturated carbocycles. The van der Waals surface area contributed by atoms with Crippen molar-refractivity contribution in [3.05, 3.63) is 40.8 Å². The molecule has 0 aliphatic carbocycles. The van der Waals surface area contributed by atoms with Crippen molar-refractivity contribution < 1.29 is 0 Å². The molecule has 0 saturated heterocycles. The van der Waals surface area contributed by atoms with E-state index >= 15 is 0 Å². The van der Waals surface area contributed by atoms with Crippen LogP contribution in [-0.2, 0) is 0 Å². The van der Waals surface area contributed by atoms with E-state index < -0.39 is 0 Å². The van der Waals surface area contributed by atoms with E-state index in [1.54, 1.807) is 0 Å². The maximum atomic E-state index is 4.53. The van der Waals surface area contributed by atoms with Gasteiger partial charge in [-0.05, 0) is 23.6 Å². The molecule has 1 aliphatic heterocycles. The summed E-state index contributed by atoms with van der Waals surface area (Å²) >= 11 is 0. The molecule has 16 heavy (non-hydrogen) atoms. The van der Waals surface area contributed by atoms with Crippen LogP contribution in [0.4, 0.5) is 0 Å². The Hall–Kier alpha value is -1.44. The highest BCUT2D eigenvalue weighted by Crippen LogP contribution is 2.19. The lowest BCUT2D eigenvalue weighted by atomic mass is 9.93. The summed E-state index contributed by atoms with van der Waals surface area (Å²) in [5.74, 6) is 0.475. The molecule has 0 spiro atoms. The Morgan fingerprint density at radius 3 is 2.69 bits per heavy atom. The van der Waals surface area contributed by atoms with Crippen LogP contribution in [0.25, 0.3) is 6.08 Å². The average Bonchev–Trinajstić information content (AvgIpc) is 2.33. The molecule has 2 heterocycles. The van der Waals surface area contributed by atoms with Gasteiger partial charge in [0.2, 0.25) is 0 Å². The quantitative estimate of drug-likeness (QED) is 0.703. The summed E-state index contributed by atoms with van der Waals surface area (Å²) in [6.45, 7) is 8.70. The van der Waals surface area contributed by atoms with Crippen LogP contribution in [-0.4, -0.2) is 4.98 Å². The molecule has 0 atom stereocenters. The van der Waals surface area contributed by atoms with Crippen LogP contribution >= 0.6 is 0 Å². The molecule has 84 valence electrons. The van der Waals surface area contributed by atoms with Crippen molar-refractivity contribution in [2.45, 2.75) is 33.6 Å². The Bertz CT molecular complexity index is 536. The summed E-state index contributed by atoms with van der Waals surface area (Å²) in [5.41, 5.74) is 1.29. The van der Waals surface area contributed by atoms with E-state index in [9.17, 15) is 0 Å². The summed E-state index contributed by atoms with van der Waals surface area (Å²) in [5, 5.41) is 2.03. The predicted molar refractivity (Wildman–Crippen MR) is 66.5 cm³/mol. The van der Waals surface area contributed by atoms with Gasteiger partial charge in [-0.3, -0.25) is 9.98 Å². The van der Waals surface area contributed by atoms with Crippen molar-refractivity contribution in [1.29, 1.82) is 0 Å². The van der Waals surface area contributed by atoms with Gasteiger partial charge in [0, 0.05) is 17.8 Å². The molecule has 0 bridgehead atoms. The van der Waals surface area contributed by atoms with E-state index in [0.717, 1.165) is 10.7 Å². The van der Waals surface area contributed by atoms with Crippen LogP contribution in [0.2, 0.25) is 0 Å². The molecule has 0 radical (unpaired) electrons. The number of rotatable bonds is 1. The molecule has 2 nitrogen and oxygen atoms in total. The lowest BCUT2D eigenvalue weighted by Crippen LogP contribution is -2.33. The third-order valence-corrected chi connectivity index (χ3v) is 2.82. The highest BCUT2D eigenvalue weighted by molar-refractivity contribution is 5.36. The molecule has 2 rings (SSSR count). The molecule has 0 N–H and O–H groups in total. The lowest BCUT2D eigenvalue weighted by Gasteiger charge is -2.12. The van der Waals surface area contributed by atoms with Crippen molar-refractivity contribution in [3.8, 4) is 0 Å². The number of aromatic nitrogens is 1. The minimum atomic E-state index is 0.0252. The minimum Gasteiger partial charge on any atom is -0.255 e. The average molecular weight is 214 g/mol. The van der Waals surface area contributed by atoms with Gasteiger partial charge < -0.3 is 0 Å². The van der Waals surface area contributed by atoms with Gasteiger partial charge in [-0.15, -0.1) is 0 Å². The van der Waals surface area contributed by atoms with Crippen LogP contribution in [0.5, 0.6) is 0 Å². The summed E-state index contributed by atoms with van der Waals surface area (Å²) < 4.78 is 0. The maximum absolute atomic E-state index is 4.53. The minimum absolute atomic E-state index is 0.0252. The van der Waals surface area contributed by atoms with Gasteiger partial charge >= 0.3 is 0 Å². The number of nitrogens with zero attached hydrogens (tertiary/aromatic N) is 2. The zero-order chi connectivity index (χ0) is 11.8. The van der Waals surface area contributed by atoms with E-state index in [-0.39, 0.29) is 5.41 Å². The first-order valence-electron chi connectivity index (χ1n) is 5.73. The smallest absolute Gasteiger partial charge is 0.0918 e. The van der Waals surface area contributed by atoms with Gasteiger partial charge in [-0.25, -0.2) is 0 Å². The Morgan fingerprint density at radius 1 is 1.25 bits per heavy atom. The topological polar surface area (TPSA) is 25.2 Å². The normalized spacial score (nSPS) is 17.3. The van der Waals surface area contributed by atoms with Gasteiger partial charge in [0.15, 0.2) is 0 Å². The fourth-order valence-electron chi connectivity index (χ4n) is 1.90. The first-order chi connectivity index (χ1) is 7.49. The molecule has 2 heteroatoms. The monoisotopic (exact) mass is 214 g/mol. The maximum Gasteiger partial charge on any atom is 0.0918 e. The van der Waals surface area contributed by atoms with E-state index in [0.29, 0.717) is 5.92 Å². The lowest BCUT2D eigenvalue weighted by molar-refractivity contribution is 0.667. The van der Waals surface area contributed by atoms with Crippen LogP contribution in [0.3, 0.4) is 0 Å². The Labute approximate surface area is 96.4 Å². The van der Waals surface area contributed by atoms with Crippen molar-refractivity contribution >= 4 is 6.08 Å². The van der Waals surface area contributed by atoms with Crippen LogP contribution in [0, 0.1) is 5.41 Å². The zero-order valence-electron chi connectivity index (χ0n) is 10.4. The van der Waals surface area contributed by atoms with Crippen molar-refractivity contribution in [1.82, 2.24) is 4.98 Å². The molecular weight excluding hydrogens is 196 g/mol. The van der Waals surface area contributed by atoms with E-state index in [4.69, 9.17) is 0 Å². The van der Waals surface area contributed by atoms with Gasteiger partial charge in [-0.1, -0.05) is 33.8 Å². The molecule has 1 aliphatic rings. The molecule has 0 aromatic carbocycles. The summed E-state index contributed by atoms with van der Waals surface area (Å²) in [4.78, 5) is 8.96. The highest BCUT2D eigenvalue weighted by Gasteiger charge is 2.13. The second-order valence-corrected chi connectivity index (χ2v) is 5.20. The number of allylic oxidation sites excluding steroid dienone is 1. The number of hydrogen-bond donors (Lipinski definition) is 0. The van der Waals surface area contributed by atoms with Gasteiger partial charge in [0.05, 0.1) is 10.7 Å². The molecular formula is C14H18N2. The second kappa shape index (κ2) is 3.85. The van der Waals surface area contributed by atoms with Crippen molar-refractivity contribution in [2.75, 3.05) is 0 Å². The fraction of sp³-hybridized carbons (Fsp3) is 0.429. The standard InChI is InChI=1S/C14H18N2/c1-10(2)11-5-7-15-12-9-14(3,4)6-8-16-13(11)12/h5-10H,1-4H3. The second-order valence-electron chi connectivity index (χ2n) is 5.20. The molecule has 0 amide bonds. The first-order valence-corrected chi connectivity index (χ1v) is 5.73. The zero-order valence-corrected chi connectivity index (χ0v) is 10.4. The number of hydrogen-bond acceptors (Lipinski definition) is 2. The Balaban J connectivity index is 2.78. The highest BCUT2D eigenvalue weighted by atomic mass is 14.7. The Morgan fingerprint density at radius 2 is 2.00 bits per heavy atom. The summed E-state index contributed by atoms with van der Waals surface area (Å²) in [6, 6.07) is 2.06. The third-order valence-electron chi connectivity index (χ3n) is 2.82. The number of pyridine rings is 1. The molecule has 0 unspecified atom stereocenters. The van der Waals surface area contributed by atoms with Gasteiger partial charge in [-0.2, -0.15) is 0 Å². The molecule has 0 fully saturated rings. The number of fused-ring (bicyclic) bond motifs is 1. The SMILES string of the molecule is CC(C)c1ccnc2c1=NC=CC(C)(C)C=2. The summed E-state index contributed by atoms with van der Waals surface area (Å²) in [6.07, 6.45) is 8.07. The molecule has 1 aromatic rings. The first kappa shape index (κ1) is 11.1.